The topological polar surface area (TPSA) is 72.2 Å². The highest BCUT2D eigenvalue weighted by atomic mass is 35.5. The van der Waals surface area contributed by atoms with E-state index < -0.39 is 15.4 Å². The van der Waals surface area contributed by atoms with E-state index in [1.807, 2.05) is 48.5 Å². The SMILES string of the molecule is CS(=O)(=O)c1cccc(-c2ccc(-c3cc(C4(O)CC4)nn3-c3ccccc3Cl)s2)c1. The molecule has 0 aliphatic heterocycles. The van der Waals surface area contributed by atoms with Crippen molar-refractivity contribution in [1.82, 2.24) is 9.78 Å². The van der Waals surface area contributed by atoms with Gasteiger partial charge in [0, 0.05) is 11.1 Å². The number of nitrogens with zero attached hydrogens (tertiary/aromatic N) is 2. The number of sulfone groups is 1. The number of hydrogen-bond donors (Lipinski definition) is 1. The van der Waals surface area contributed by atoms with Crippen molar-refractivity contribution in [2.24, 2.45) is 0 Å². The highest BCUT2D eigenvalue weighted by Gasteiger charge is 2.45. The quantitative estimate of drug-likeness (QED) is 0.429. The summed E-state index contributed by atoms with van der Waals surface area (Å²) in [4.78, 5) is 2.18. The van der Waals surface area contributed by atoms with Crippen LogP contribution in [0.5, 0.6) is 0 Å². The van der Waals surface area contributed by atoms with Crippen molar-refractivity contribution in [3.63, 3.8) is 0 Å². The zero-order valence-corrected chi connectivity index (χ0v) is 19.0. The molecule has 0 bridgehead atoms. The van der Waals surface area contributed by atoms with Crippen molar-refractivity contribution in [1.29, 1.82) is 0 Å². The number of thiophene rings is 1. The van der Waals surface area contributed by atoms with Gasteiger partial charge in [-0.05, 0) is 60.9 Å². The molecule has 0 radical (unpaired) electrons. The van der Waals surface area contributed by atoms with Gasteiger partial charge in [-0.3, -0.25) is 0 Å². The lowest BCUT2D eigenvalue weighted by Crippen LogP contribution is -2.07. The number of hydrogen-bond acceptors (Lipinski definition) is 5. The average Bonchev–Trinajstić information content (AvgIpc) is 3.16. The standard InChI is InChI=1S/C23H19ClN2O3S2/c1-31(28,29)16-6-4-5-15(13-16)20-9-10-21(30-20)19-14-22(23(27)11-12-23)25-26(19)18-8-3-2-7-17(18)24/h2-10,13-14,27H,11-12H2,1H3. The molecule has 31 heavy (non-hydrogen) atoms. The van der Waals surface area contributed by atoms with Gasteiger partial charge in [0.25, 0.3) is 0 Å². The number of aromatic nitrogens is 2. The lowest BCUT2D eigenvalue weighted by molar-refractivity contribution is 0.146. The van der Waals surface area contributed by atoms with Gasteiger partial charge in [0.2, 0.25) is 0 Å². The molecular formula is C23H19ClN2O3S2. The molecule has 2 heterocycles. The summed E-state index contributed by atoms with van der Waals surface area (Å²) in [5, 5.41) is 15.9. The van der Waals surface area contributed by atoms with E-state index >= 15 is 0 Å². The Balaban J connectivity index is 1.61. The third kappa shape index (κ3) is 3.83. The molecule has 0 amide bonds. The van der Waals surface area contributed by atoms with Crippen molar-refractivity contribution in [2.45, 2.75) is 23.3 Å². The van der Waals surface area contributed by atoms with Crippen LogP contribution in [0.1, 0.15) is 18.5 Å². The minimum Gasteiger partial charge on any atom is -0.383 e. The van der Waals surface area contributed by atoms with Crippen LogP contribution in [0.25, 0.3) is 26.7 Å². The van der Waals surface area contributed by atoms with Gasteiger partial charge in [0.15, 0.2) is 9.84 Å². The van der Waals surface area contributed by atoms with E-state index in [4.69, 9.17) is 11.6 Å². The molecule has 2 aromatic heterocycles. The van der Waals surface area contributed by atoms with Crippen LogP contribution in [0.2, 0.25) is 5.02 Å². The number of rotatable bonds is 5. The van der Waals surface area contributed by atoms with E-state index in [1.165, 1.54) is 17.6 Å². The predicted octanol–water partition coefficient (Wildman–Crippen LogP) is 5.31. The first kappa shape index (κ1) is 20.5. The van der Waals surface area contributed by atoms with Crippen molar-refractivity contribution < 1.29 is 13.5 Å². The Morgan fingerprint density at radius 1 is 1.03 bits per heavy atom. The molecule has 1 N–H and O–H groups in total. The normalized spacial score (nSPS) is 15.2. The fourth-order valence-corrected chi connectivity index (χ4v) is 5.36. The molecule has 1 aliphatic carbocycles. The lowest BCUT2D eigenvalue weighted by atomic mass is 10.2. The van der Waals surface area contributed by atoms with E-state index in [2.05, 4.69) is 5.10 Å². The van der Waals surface area contributed by atoms with Gasteiger partial charge in [0.05, 0.1) is 31.9 Å². The Labute approximate surface area is 189 Å². The number of para-hydroxylation sites is 1. The first-order valence-corrected chi connectivity index (χ1v) is 12.8. The Bertz CT molecular complexity index is 1400. The van der Waals surface area contributed by atoms with Gasteiger partial charge in [-0.2, -0.15) is 5.10 Å². The van der Waals surface area contributed by atoms with Crippen LogP contribution in [-0.4, -0.2) is 29.6 Å². The fraction of sp³-hybridized carbons (Fsp3) is 0.174. The Hall–Kier alpha value is -2.45. The van der Waals surface area contributed by atoms with Crippen LogP contribution in [0.3, 0.4) is 0 Å². The molecule has 8 heteroatoms. The second kappa shape index (κ2) is 7.31. The van der Waals surface area contributed by atoms with E-state index in [0.717, 1.165) is 26.7 Å². The third-order valence-electron chi connectivity index (χ3n) is 5.40. The molecule has 0 spiro atoms. The minimum absolute atomic E-state index is 0.291. The minimum atomic E-state index is -3.28. The fourth-order valence-electron chi connectivity index (χ4n) is 3.48. The van der Waals surface area contributed by atoms with Crippen LogP contribution in [0.15, 0.2) is 71.6 Å². The van der Waals surface area contributed by atoms with E-state index in [1.54, 1.807) is 22.9 Å². The van der Waals surface area contributed by atoms with Crippen LogP contribution >= 0.6 is 22.9 Å². The summed E-state index contributed by atoms with van der Waals surface area (Å²) in [5.41, 5.74) is 2.17. The first-order valence-electron chi connectivity index (χ1n) is 9.73. The second-order valence-corrected chi connectivity index (χ2v) is 11.3. The molecule has 158 valence electrons. The molecular weight excluding hydrogens is 452 g/mol. The maximum Gasteiger partial charge on any atom is 0.175 e. The lowest BCUT2D eigenvalue weighted by Gasteiger charge is -2.08. The van der Waals surface area contributed by atoms with Crippen LogP contribution in [0, 0.1) is 0 Å². The number of benzene rings is 2. The smallest absolute Gasteiger partial charge is 0.175 e. The molecule has 5 rings (SSSR count). The summed E-state index contributed by atoms with van der Waals surface area (Å²) in [6.07, 6.45) is 2.60. The van der Waals surface area contributed by atoms with Crippen molar-refractivity contribution in [2.75, 3.05) is 6.26 Å². The largest absolute Gasteiger partial charge is 0.383 e. The Morgan fingerprint density at radius 3 is 2.48 bits per heavy atom. The van der Waals surface area contributed by atoms with Gasteiger partial charge in [0.1, 0.15) is 5.60 Å². The first-order chi connectivity index (χ1) is 14.7. The van der Waals surface area contributed by atoms with Gasteiger partial charge in [-0.1, -0.05) is 35.9 Å². The molecule has 5 nitrogen and oxygen atoms in total. The molecule has 0 atom stereocenters. The summed E-state index contributed by atoms with van der Waals surface area (Å²) in [6, 6.07) is 20.3. The molecule has 2 aromatic carbocycles. The van der Waals surface area contributed by atoms with E-state index in [-0.39, 0.29) is 0 Å². The molecule has 1 fully saturated rings. The van der Waals surface area contributed by atoms with Crippen molar-refractivity contribution >= 4 is 32.8 Å². The van der Waals surface area contributed by atoms with Crippen LogP contribution in [0.4, 0.5) is 0 Å². The van der Waals surface area contributed by atoms with Gasteiger partial charge >= 0.3 is 0 Å². The zero-order chi connectivity index (χ0) is 21.8. The monoisotopic (exact) mass is 470 g/mol. The summed E-state index contributed by atoms with van der Waals surface area (Å²) in [5.74, 6) is 0. The summed E-state index contributed by atoms with van der Waals surface area (Å²) >= 11 is 7.98. The number of halogens is 1. The van der Waals surface area contributed by atoms with Crippen LogP contribution < -0.4 is 0 Å². The molecule has 1 aliphatic rings. The highest BCUT2D eigenvalue weighted by Crippen LogP contribution is 2.47. The van der Waals surface area contributed by atoms with Crippen molar-refractivity contribution in [3.05, 3.63) is 77.4 Å². The maximum absolute atomic E-state index is 11.9. The van der Waals surface area contributed by atoms with Crippen molar-refractivity contribution in [3.8, 4) is 26.7 Å². The van der Waals surface area contributed by atoms with Gasteiger partial charge < -0.3 is 5.11 Å². The van der Waals surface area contributed by atoms with Gasteiger partial charge in [-0.15, -0.1) is 11.3 Å². The Kier molecular flexibility index (Phi) is 4.82. The van der Waals surface area contributed by atoms with E-state index in [0.29, 0.717) is 28.5 Å². The summed E-state index contributed by atoms with van der Waals surface area (Å²) < 4.78 is 25.6. The number of aliphatic hydroxyl groups is 1. The van der Waals surface area contributed by atoms with Crippen LogP contribution in [-0.2, 0) is 15.4 Å². The molecule has 1 saturated carbocycles. The molecule has 0 saturated heterocycles. The molecule has 0 unspecified atom stereocenters. The summed E-state index contributed by atoms with van der Waals surface area (Å²) in [6.45, 7) is 0. The third-order valence-corrected chi connectivity index (χ3v) is 7.98. The zero-order valence-electron chi connectivity index (χ0n) is 16.6. The van der Waals surface area contributed by atoms with E-state index in [9.17, 15) is 13.5 Å². The average molecular weight is 471 g/mol. The summed E-state index contributed by atoms with van der Waals surface area (Å²) in [7, 11) is -3.28. The Morgan fingerprint density at radius 2 is 1.77 bits per heavy atom. The molecule has 4 aromatic rings. The maximum atomic E-state index is 11.9. The predicted molar refractivity (Wildman–Crippen MR) is 124 cm³/mol. The second-order valence-electron chi connectivity index (χ2n) is 7.77. The van der Waals surface area contributed by atoms with Gasteiger partial charge in [-0.25, -0.2) is 13.1 Å². The highest BCUT2D eigenvalue weighted by molar-refractivity contribution is 7.90.